The molecular formula is C15H17NO6. The molecular weight excluding hydrogens is 290 g/mol. The van der Waals surface area contributed by atoms with E-state index in [4.69, 9.17) is 9.47 Å². The molecule has 7 nitrogen and oxygen atoms in total. The van der Waals surface area contributed by atoms with E-state index in [2.05, 4.69) is 0 Å². The lowest BCUT2D eigenvalue weighted by molar-refractivity contribution is -0.384. The van der Waals surface area contributed by atoms with Crippen molar-refractivity contribution in [2.45, 2.75) is 31.2 Å². The molecule has 2 fully saturated rings. The van der Waals surface area contributed by atoms with Crippen molar-refractivity contribution < 1.29 is 24.3 Å². The zero-order valence-electron chi connectivity index (χ0n) is 11.9. The Morgan fingerprint density at radius 3 is 2.50 bits per heavy atom. The first-order chi connectivity index (χ1) is 10.5. The summed E-state index contributed by atoms with van der Waals surface area (Å²) in [5.41, 5.74) is 0.434. The van der Waals surface area contributed by atoms with Gasteiger partial charge in [-0.05, 0) is 17.7 Å². The molecule has 118 valence electrons. The van der Waals surface area contributed by atoms with E-state index in [1.807, 2.05) is 0 Å². The molecule has 1 aliphatic heterocycles. The zero-order chi connectivity index (χ0) is 15.7. The Hall–Kier alpha value is -1.83. The molecule has 3 rings (SSSR count). The first-order valence-corrected chi connectivity index (χ1v) is 7.24. The molecule has 7 heteroatoms. The number of aliphatic hydroxyl groups is 1. The summed E-state index contributed by atoms with van der Waals surface area (Å²) < 4.78 is 11.2. The van der Waals surface area contributed by atoms with Gasteiger partial charge in [-0.3, -0.25) is 14.9 Å². The van der Waals surface area contributed by atoms with Crippen LogP contribution in [0.1, 0.15) is 30.9 Å². The van der Waals surface area contributed by atoms with Crippen LogP contribution in [0.3, 0.4) is 0 Å². The van der Waals surface area contributed by atoms with Crippen LogP contribution in [-0.2, 0) is 14.3 Å². The van der Waals surface area contributed by atoms with E-state index < -0.39 is 22.7 Å². The van der Waals surface area contributed by atoms with Gasteiger partial charge >= 0.3 is 0 Å². The standard InChI is InChI=1S/C15H17NO6/c17-13-5-6-15(21-7-8-22-15)9-12(13)14(18)10-1-3-11(4-2-10)16(19)20/h1-4,12,14,18H,5-9H2/t12-,14+/m1/s1. The van der Waals surface area contributed by atoms with Crippen molar-refractivity contribution in [3.05, 3.63) is 39.9 Å². The van der Waals surface area contributed by atoms with Crippen LogP contribution in [0.2, 0.25) is 0 Å². The van der Waals surface area contributed by atoms with Crippen LogP contribution < -0.4 is 0 Å². The molecule has 1 spiro atoms. The lowest BCUT2D eigenvalue weighted by Crippen LogP contribution is -2.42. The number of hydrogen-bond donors (Lipinski definition) is 1. The van der Waals surface area contributed by atoms with Crippen LogP contribution in [0.25, 0.3) is 0 Å². The maximum atomic E-state index is 12.1. The van der Waals surface area contributed by atoms with Crippen LogP contribution >= 0.6 is 0 Å². The fourth-order valence-electron chi connectivity index (χ4n) is 3.12. The minimum absolute atomic E-state index is 0.0319. The van der Waals surface area contributed by atoms with E-state index in [0.29, 0.717) is 38.0 Å². The summed E-state index contributed by atoms with van der Waals surface area (Å²) in [4.78, 5) is 22.3. The highest BCUT2D eigenvalue weighted by Gasteiger charge is 2.47. The topological polar surface area (TPSA) is 98.9 Å². The molecule has 1 saturated carbocycles. The van der Waals surface area contributed by atoms with Gasteiger partial charge in [0.05, 0.1) is 30.2 Å². The number of Topliss-reactive ketones (excluding diaryl/α,β-unsaturated/α-hetero) is 1. The van der Waals surface area contributed by atoms with E-state index in [-0.39, 0.29) is 11.5 Å². The van der Waals surface area contributed by atoms with E-state index in [9.17, 15) is 20.0 Å². The average Bonchev–Trinajstić information content (AvgIpc) is 2.98. The zero-order valence-corrected chi connectivity index (χ0v) is 11.9. The second-order valence-electron chi connectivity index (χ2n) is 5.68. The van der Waals surface area contributed by atoms with Gasteiger partial charge in [0.15, 0.2) is 5.79 Å². The van der Waals surface area contributed by atoms with Crippen molar-refractivity contribution in [3.8, 4) is 0 Å². The second-order valence-corrected chi connectivity index (χ2v) is 5.68. The highest BCUT2D eigenvalue weighted by atomic mass is 16.7. The van der Waals surface area contributed by atoms with Crippen LogP contribution in [0.15, 0.2) is 24.3 Å². The van der Waals surface area contributed by atoms with Crippen molar-refractivity contribution in [2.75, 3.05) is 13.2 Å². The van der Waals surface area contributed by atoms with Gasteiger partial charge in [0.25, 0.3) is 5.69 Å². The number of carbonyl (C=O) groups is 1. The van der Waals surface area contributed by atoms with Crippen LogP contribution in [0.4, 0.5) is 5.69 Å². The lowest BCUT2D eigenvalue weighted by Gasteiger charge is -2.37. The molecule has 1 aliphatic carbocycles. The highest BCUT2D eigenvalue weighted by molar-refractivity contribution is 5.82. The normalized spacial score (nSPS) is 25.3. The summed E-state index contributed by atoms with van der Waals surface area (Å²) in [5.74, 6) is -1.41. The number of benzene rings is 1. The highest BCUT2D eigenvalue weighted by Crippen LogP contribution is 2.41. The van der Waals surface area contributed by atoms with Gasteiger partial charge in [-0.25, -0.2) is 0 Å². The number of carbonyl (C=O) groups excluding carboxylic acids is 1. The molecule has 2 aliphatic rings. The SMILES string of the molecule is O=C1CCC2(C[C@H]1[C@@H](O)c1ccc([N+](=O)[O-])cc1)OCCO2. The Morgan fingerprint density at radius 2 is 1.91 bits per heavy atom. The summed E-state index contributed by atoms with van der Waals surface area (Å²) in [5, 5.41) is 21.1. The predicted molar refractivity (Wildman–Crippen MR) is 75.0 cm³/mol. The van der Waals surface area contributed by atoms with Gasteiger partial charge in [0, 0.05) is 31.4 Å². The molecule has 1 N–H and O–H groups in total. The van der Waals surface area contributed by atoms with Gasteiger partial charge in [-0.15, -0.1) is 0 Å². The maximum Gasteiger partial charge on any atom is 0.269 e. The lowest BCUT2D eigenvalue weighted by atomic mass is 9.78. The number of nitro benzene ring substituents is 1. The minimum Gasteiger partial charge on any atom is -0.388 e. The number of non-ortho nitro benzene ring substituents is 1. The molecule has 2 atom stereocenters. The second kappa shape index (κ2) is 5.75. The molecule has 0 unspecified atom stereocenters. The van der Waals surface area contributed by atoms with Gasteiger partial charge in [0.2, 0.25) is 0 Å². The molecule has 0 bridgehead atoms. The number of ether oxygens (including phenoxy) is 2. The Morgan fingerprint density at radius 1 is 1.27 bits per heavy atom. The number of ketones is 1. The fraction of sp³-hybridized carbons (Fsp3) is 0.533. The van der Waals surface area contributed by atoms with Crippen molar-refractivity contribution in [1.29, 1.82) is 0 Å². The Bertz CT molecular complexity index is 578. The van der Waals surface area contributed by atoms with Gasteiger partial charge < -0.3 is 14.6 Å². The number of hydrogen-bond acceptors (Lipinski definition) is 6. The van der Waals surface area contributed by atoms with E-state index in [1.54, 1.807) is 0 Å². The molecule has 1 aromatic carbocycles. The largest absolute Gasteiger partial charge is 0.388 e. The van der Waals surface area contributed by atoms with Gasteiger partial charge in [-0.1, -0.05) is 0 Å². The third-order valence-electron chi connectivity index (χ3n) is 4.34. The predicted octanol–water partition coefficient (Wildman–Crippen LogP) is 1.74. The fourth-order valence-corrected chi connectivity index (χ4v) is 3.12. The Labute approximate surface area is 127 Å². The third-order valence-corrected chi connectivity index (χ3v) is 4.34. The summed E-state index contributed by atoms with van der Waals surface area (Å²) >= 11 is 0. The molecule has 1 saturated heterocycles. The summed E-state index contributed by atoms with van der Waals surface area (Å²) in [6.07, 6.45) is 0.104. The van der Waals surface area contributed by atoms with E-state index in [0.717, 1.165) is 0 Å². The molecule has 22 heavy (non-hydrogen) atoms. The molecule has 0 amide bonds. The average molecular weight is 307 g/mol. The summed E-state index contributed by atoms with van der Waals surface area (Å²) in [6.45, 7) is 0.989. The molecule has 1 aromatic rings. The van der Waals surface area contributed by atoms with Crippen LogP contribution in [-0.4, -0.2) is 34.8 Å². The van der Waals surface area contributed by atoms with Gasteiger partial charge in [-0.2, -0.15) is 0 Å². The monoisotopic (exact) mass is 307 g/mol. The number of rotatable bonds is 3. The van der Waals surface area contributed by atoms with Crippen molar-refractivity contribution in [3.63, 3.8) is 0 Å². The minimum atomic E-state index is -1.02. The number of nitrogens with zero attached hydrogens (tertiary/aromatic N) is 1. The van der Waals surface area contributed by atoms with E-state index in [1.165, 1.54) is 24.3 Å². The third kappa shape index (κ3) is 2.75. The van der Waals surface area contributed by atoms with Gasteiger partial charge in [0.1, 0.15) is 5.78 Å². The van der Waals surface area contributed by atoms with Crippen LogP contribution in [0, 0.1) is 16.0 Å². The number of nitro groups is 1. The molecule has 0 aromatic heterocycles. The number of aliphatic hydroxyl groups excluding tert-OH is 1. The van der Waals surface area contributed by atoms with Crippen molar-refractivity contribution in [2.24, 2.45) is 5.92 Å². The van der Waals surface area contributed by atoms with Crippen molar-refractivity contribution >= 4 is 11.5 Å². The summed E-state index contributed by atoms with van der Waals surface area (Å²) in [7, 11) is 0. The molecule has 0 radical (unpaired) electrons. The Balaban J connectivity index is 1.78. The van der Waals surface area contributed by atoms with E-state index >= 15 is 0 Å². The first kappa shape index (κ1) is 15.1. The smallest absolute Gasteiger partial charge is 0.269 e. The Kier molecular flexibility index (Phi) is 3.94. The van der Waals surface area contributed by atoms with Crippen LogP contribution in [0.5, 0.6) is 0 Å². The molecule has 1 heterocycles. The maximum absolute atomic E-state index is 12.1. The van der Waals surface area contributed by atoms with Crippen molar-refractivity contribution in [1.82, 2.24) is 0 Å². The first-order valence-electron chi connectivity index (χ1n) is 7.24. The quantitative estimate of drug-likeness (QED) is 0.674. The summed E-state index contributed by atoms with van der Waals surface area (Å²) in [6, 6.07) is 5.61.